The molecule has 0 unspecified atom stereocenters. The number of hydrogen-bond acceptors (Lipinski definition) is 2. The molecule has 0 N–H and O–H groups in total. The van der Waals surface area contributed by atoms with Crippen molar-refractivity contribution >= 4 is 16.8 Å². The van der Waals surface area contributed by atoms with Gasteiger partial charge in [-0.05, 0) is 0 Å². The van der Waals surface area contributed by atoms with Crippen LogP contribution in [0.3, 0.4) is 0 Å². The predicted octanol–water partition coefficient (Wildman–Crippen LogP) is 0.650. The van der Waals surface area contributed by atoms with E-state index in [9.17, 15) is 0 Å². The zero-order valence-electron chi connectivity index (χ0n) is 2.94. The highest BCUT2D eigenvalue weighted by Gasteiger charge is 2.02. The van der Waals surface area contributed by atoms with Gasteiger partial charge in [-0.2, -0.15) is 0 Å². The predicted molar refractivity (Wildman–Crippen MR) is 22.5 cm³/mol. The summed E-state index contributed by atoms with van der Waals surface area (Å²) in [6.45, 7) is 0.402. The molecule has 6 heavy (non-hydrogen) atoms. The van der Waals surface area contributed by atoms with E-state index < -0.39 is 0 Å². The summed E-state index contributed by atoms with van der Waals surface area (Å²) in [5, 5.41) is 3.64. The zero-order valence-corrected chi connectivity index (χ0v) is 3.70. The first-order chi connectivity index (χ1) is 2.89. The lowest BCUT2D eigenvalue weighted by molar-refractivity contribution is 0.186. The molecule has 3 heteroatoms. The van der Waals surface area contributed by atoms with Gasteiger partial charge in [0, 0.05) is 0 Å². The van der Waals surface area contributed by atoms with E-state index in [1.54, 1.807) is 0 Å². The number of oxime groups is 1. The largest absolute Gasteiger partial charge is 0.394 e. The van der Waals surface area contributed by atoms with Crippen molar-refractivity contribution in [1.29, 1.82) is 0 Å². The van der Waals surface area contributed by atoms with E-state index in [2.05, 4.69) is 16.4 Å². The van der Waals surface area contributed by atoms with Crippen molar-refractivity contribution in [3.8, 4) is 0 Å². The highest BCUT2D eigenvalue weighted by molar-refractivity contribution is 6.67. The second-order valence-corrected chi connectivity index (χ2v) is 1.19. The van der Waals surface area contributed by atoms with Crippen LogP contribution in [0.4, 0.5) is 0 Å². The van der Waals surface area contributed by atoms with Crippen LogP contribution in [0.2, 0.25) is 0 Å². The second kappa shape index (κ2) is 1.47. The molecular formula is C3H2ClNO. The summed E-state index contributed by atoms with van der Waals surface area (Å²) < 4.78 is 0. The minimum Gasteiger partial charge on any atom is -0.394 e. The molecule has 0 aromatic carbocycles. The maximum Gasteiger partial charge on any atom is 0.157 e. The van der Waals surface area contributed by atoms with Crippen molar-refractivity contribution < 1.29 is 4.84 Å². The van der Waals surface area contributed by atoms with Gasteiger partial charge in [0.05, 0.1) is 6.42 Å². The van der Waals surface area contributed by atoms with Crippen molar-refractivity contribution in [3.63, 3.8) is 0 Å². The van der Waals surface area contributed by atoms with E-state index in [0.717, 1.165) is 0 Å². The molecule has 0 aliphatic carbocycles. The minimum absolute atomic E-state index is 0.329. The minimum atomic E-state index is 0.329. The molecule has 0 aromatic heterocycles. The molecule has 0 aromatic rings. The van der Waals surface area contributed by atoms with Gasteiger partial charge < -0.3 is 4.84 Å². The fraction of sp³-hybridized carbons (Fsp3) is 0.333. The topological polar surface area (TPSA) is 21.6 Å². The molecular weight excluding hydrogens is 101 g/mol. The summed E-state index contributed by atoms with van der Waals surface area (Å²) in [5.41, 5.74) is 0. The van der Waals surface area contributed by atoms with Crippen LogP contribution in [-0.2, 0) is 4.84 Å². The van der Waals surface area contributed by atoms with Crippen molar-refractivity contribution in [3.05, 3.63) is 6.42 Å². The molecule has 0 amide bonds. The van der Waals surface area contributed by atoms with Crippen LogP contribution in [-0.4, -0.2) is 11.8 Å². The van der Waals surface area contributed by atoms with Crippen LogP contribution in [0.5, 0.6) is 0 Å². The van der Waals surface area contributed by atoms with Gasteiger partial charge in [-0.1, -0.05) is 16.8 Å². The Kier molecular flexibility index (Phi) is 0.965. The van der Waals surface area contributed by atoms with Gasteiger partial charge in [0.15, 0.2) is 5.17 Å². The Hall–Kier alpha value is -0.240. The summed E-state index contributed by atoms with van der Waals surface area (Å²) >= 11 is 5.23. The van der Waals surface area contributed by atoms with Gasteiger partial charge in [0.1, 0.15) is 6.61 Å². The van der Waals surface area contributed by atoms with Crippen LogP contribution < -0.4 is 0 Å². The normalized spacial score (nSPS) is 19.8. The van der Waals surface area contributed by atoms with Crippen LogP contribution >= 0.6 is 11.6 Å². The fourth-order valence-corrected chi connectivity index (χ4v) is 0.316. The molecule has 0 fully saturated rings. The first-order valence-corrected chi connectivity index (χ1v) is 1.87. The van der Waals surface area contributed by atoms with E-state index in [1.165, 1.54) is 0 Å². The lowest BCUT2D eigenvalue weighted by Crippen LogP contribution is -1.80. The molecule has 32 valence electrons. The molecule has 1 aliphatic rings. The highest BCUT2D eigenvalue weighted by atomic mass is 35.5. The molecule has 0 saturated heterocycles. The quantitative estimate of drug-likeness (QED) is 0.441. The van der Waals surface area contributed by atoms with E-state index in [1.807, 2.05) is 0 Å². The molecule has 1 heterocycles. The molecule has 2 nitrogen and oxygen atoms in total. The van der Waals surface area contributed by atoms with Gasteiger partial charge in [0.25, 0.3) is 0 Å². The average molecular weight is 104 g/mol. The lowest BCUT2D eigenvalue weighted by Gasteiger charge is -1.74. The van der Waals surface area contributed by atoms with Gasteiger partial charge in [0.2, 0.25) is 0 Å². The van der Waals surface area contributed by atoms with Crippen LogP contribution in [0.15, 0.2) is 5.16 Å². The van der Waals surface area contributed by atoms with Crippen LogP contribution in [0, 0.1) is 6.42 Å². The third-order valence-corrected chi connectivity index (χ3v) is 0.630. The summed E-state index contributed by atoms with van der Waals surface area (Å²) in [7, 11) is 0. The summed E-state index contributed by atoms with van der Waals surface area (Å²) in [5.74, 6) is 0. The van der Waals surface area contributed by atoms with Gasteiger partial charge in [-0.3, -0.25) is 0 Å². The fourth-order valence-electron chi connectivity index (χ4n) is 0.213. The number of rotatable bonds is 0. The van der Waals surface area contributed by atoms with E-state index >= 15 is 0 Å². The third kappa shape index (κ3) is 0.627. The zero-order chi connectivity index (χ0) is 4.41. The molecule has 0 spiro atoms. The Morgan fingerprint density at radius 2 is 2.83 bits per heavy atom. The maximum absolute atomic E-state index is 5.23. The smallest absolute Gasteiger partial charge is 0.157 e. The number of halogens is 1. The first kappa shape index (κ1) is 3.93. The summed E-state index contributed by atoms with van der Waals surface area (Å²) in [6.07, 6.45) is 2.61. The molecule has 1 rings (SSSR count). The summed E-state index contributed by atoms with van der Waals surface area (Å²) in [4.78, 5) is 4.40. The molecule has 0 saturated carbocycles. The van der Waals surface area contributed by atoms with Gasteiger partial charge >= 0.3 is 0 Å². The van der Waals surface area contributed by atoms with Crippen molar-refractivity contribution in [2.75, 3.05) is 6.61 Å². The Morgan fingerprint density at radius 3 is 3.00 bits per heavy atom. The Labute approximate surface area is 40.7 Å². The Bertz CT molecular complexity index is 80.9. The monoisotopic (exact) mass is 103 g/mol. The number of hydrogen-bond donors (Lipinski definition) is 0. The third-order valence-electron chi connectivity index (χ3n) is 0.427. The van der Waals surface area contributed by atoms with Gasteiger partial charge in [-0.15, -0.1) is 0 Å². The van der Waals surface area contributed by atoms with Crippen molar-refractivity contribution in [2.24, 2.45) is 5.16 Å². The Balaban J connectivity index is 2.45. The number of nitrogens with zero attached hydrogens (tertiary/aromatic N) is 1. The summed E-state index contributed by atoms with van der Waals surface area (Å²) in [6, 6.07) is 0. The van der Waals surface area contributed by atoms with Crippen LogP contribution in [0.1, 0.15) is 0 Å². The standard InChI is InChI=1S/C3H2ClNO/c4-3-1-2-6-5-3/h2H2. The molecule has 2 radical (unpaired) electrons. The van der Waals surface area contributed by atoms with E-state index in [-0.39, 0.29) is 0 Å². The molecule has 1 aliphatic heterocycles. The van der Waals surface area contributed by atoms with E-state index in [0.29, 0.717) is 11.8 Å². The average Bonchev–Trinajstić information content (AvgIpc) is 1.86. The maximum atomic E-state index is 5.23. The van der Waals surface area contributed by atoms with Crippen LogP contribution in [0.25, 0.3) is 0 Å². The Morgan fingerprint density at radius 1 is 2.00 bits per heavy atom. The van der Waals surface area contributed by atoms with E-state index in [4.69, 9.17) is 11.6 Å². The highest BCUT2D eigenvalue weighted by Crippen LogP contribution is 2.00. The van der Waals surface area contributed by atoms with Gasteiger partial charge in [-0.25, -0.2) is 0 Å². The van der Waals surface area contributed by atoms with Crippen molar-refractivity contribution in [2.45, 2.75) is 0 Å². The van der Waals surface area contributed by atoms with Crippen molar-refractivity contribution in [1.82, 2.24) is 0 Å². The second-order valence-electron chi connectivity index (χ2n) is 0.832. The molecule has 0 atom stereocenters. The first-order valence-electron chi connectivity index (χ1n) is 1.49. The SMILES string of the molecule is ClC1=NOC[C]1. The lowest BCUT2D eigenvalue weighted by atomic mass is 10.5. The molecule has 0 bridgehead atoms.